The van der Waals surface area contributed by atoms with Gasteiger partial charge in [0.1, 0.15) is 5.75 Å². The number of carbonyl (C=O) groups is 2. The molecule has 2 amide bonds. The van der Waals surface area contributed by atoms with E-state index in [0.717, 1.165) is 23.4 Å². The molecule has 2 aromatic rings. The summed E-state index contributed by atoms with van der Waals surface area (Å²) in [5, 5.41) is 6.04. The Balaban J connectivity index is 1.78. The van der Waals surface area contributed by atoms with Crippen LogP contribution in [0.5, 0.6) is 5.75 Å². The summed E-state index contributed by atoms with van der Waals surface area (Å²) in [6.45, 7) is 3.03. The average molecular weight is 426 g/mol. The number of hydrogen-bond acceptors (Lipinski definition) is 4. The van der Waals surface area contributed by atoms with Gasteiger partial charge in [-0.15, -0.1) is 0 Å². The van der Waals surface area contributed by atoms with E-state index in [9.17, 15) is 9.59 Å². The fourth-order valence-corrected chi connectivity index (χ4v) is 3.08. The number of aryl methyl sites for hydroxylation is 1. The first-order valence-corrected chi connectivity index (χ1v) is 11.0. The van der Waals surface area contributed by atoms with Crippen molar-refractivity contribution >= 4 is 23.2 Å². The summed E-state index contributed by atoms with van der Waals surface area (Å²) in [6, 6.07) is 15.3. The van der Waals surface area contributed by atoms with Crippen molar-refractivity contribution in [3.8, 4) is 5.75 Å². The lowest BCUT2D eigenvalue weighted by atomic mass is 10.1. The Morgan fingerprint density at radius 1 is 0.968 bits per heavy atom. The van der Waals surface area contributed by atoms with Crippen molar-refractivity contribution in [3.05, 3.63) is 54.1 Å². The average Bonchev–Trinajstić information content (AvgIpc) is 2.76. The molecule has 0 fully saturated rings. The molecule has 168 valence electrons. The van der Waals surface area contributed by atoms with Crippen molar-refractivity contribution in [2.75, 3.05) is 37.9 Å². The second-order valence-electron chi connectivity index (χ2n) is 7.83. The number of anilines is 2. The van der Waals surface area contributed by atoms with Gasteiger partial charge < -0.3 is 20.3 Å². The predicted molar refractivity (Wildman–Crippen MR) is 127 cm³/mol. The predicted octanol–water partition coefficient (Wildman–Crippen LogP) is 4.72. The van der Waals surface area contributed by atoms with Crippen LogP contribution in [-0.2, 0) is 16.0 Å². The van der Waals surface area contributed by atoms with Crippen molar-refractivity contribution in [1.29, 1.82) is 0 Å². The van der Waals surface area contributed by atoms with Gasteiger partial charge in [-0.1, -0.05) is 44.4 Å². The molecule has 0 spiro atoms. The molecule has 0 aliphatic heterocycles. The monoisotopic (exact) mass is 425 g/mol. The molecule has 0 saturated heterocycles. The second kappa shape index (κ2) is 13.3. The summed E-state index contributed by atoms with van der Waals surface area (Å²) in [5.41, 5.74) is 2.63. The summed E-state index contributed by atoms with van der Waals surface area (Å²) in [5.74, 6) is 0.737. The van der Waals surface area contributed by atoms with E-state index in [0.29, 0.717) is 25.1 Å². The van der Waals surface area contributed by atoms with Crippen LogP contribution in [0.3, 0.4) is 0 Å². The van der Waals surface area contributed by atoms with Crippen LogP contribution in [0.4, 0.5) is 11.4 Å². The van der Waals surface area contributed by atoms with Gasteiger partial charge in [0.2, 0.25) is 11.8 Å². The number of hydrogen-bond donors (Lipinski definition) is 2. The van der Waals surface area contributed by atoms with Gasteiger partial charge in [-0.3, -0.25) is 9.59 Å². The third kappa shape index (κ3) is 9.55. The number of ether oxygens (including phenoxy) is 1. The van der Waals surface area contributed by atoms with Gasteiger partial charge in [0, 0.05) is 38.0 Å². The Bertz CT molecular complexity index is 836. The largest absolute Gasteiger partial charge is 0.494 e. The maximum Gasteiger partial charge on any atom is 0.243 e. The van der Waals surface area contributed by atoms with Crippen molar-refractivity contribution in [2.24, 2.45) is 0 Å². The standard InChI is InChI=1S/C25H35N3O3/c1-4-5-6-7-16-31-23-13-9-12-22(18-23)27-24(29)19-26-21-11-8-10-20(17-21)14-15-25(30)28(2)3/h8-13,17-18,26H,4-7,14-16,19H2,1-3H3,(H,27,29). The fourth-order valence-electron chi connectivity index (χ4n) is 3.08. The normalized spacial score (nSPS) is 10.4. The van der Waals surface area contributed by atoms with Gasteiger partial charge in [-0.25, -0.2) is 0 Å². The van der Waals surface area contributed by atoms with E-state index in [-0.39, 0.29) is 18.4 Å². The Morgan fingerprint density at radius 2 is 1.74 bits per heavy atom. The van der Waals surface area contributed by atoms with E-state index >= 15 is 0 Å². The highest BCUT2D eigenvalue weighted by atomic mass is 16.5. The molecule has 0 heterocycles. The molecular weight excluding hydrogens is 390 g/mol. The topological polar surface area (TPSA) is 70.7 Å². The maximum atomic E-state index is 12.3. The summed E-state index contributed by atoms with van der Waals surface area (Å²) in [7, 11) is 3.52. The van der Waals surface area contributed by atoms with Gasteiger partial charge in [0.25, 0.3) is 0 Å². The molecule has 0 aromatic heterocycles. The first kappa shape index (κ1) is 24.3. The van der Waals surface area contributed by atoms with Crippen LogP contribution >= 0.6 is 0 Å². The van der Waals surface area contributed by atoms with Crippen molar-refractivity contribution in [3.63, 3.8) is 0 Å². The van der Waals surface area contributed by atoms with E-state index in [1.807, 2.05) is 48.5 Å². The lowest BCUT2D eigenvalue weighted by molar-refractivity contribution is -0.128. The molecule has 6 nitrogen and oxygen atoms in total. The van der Waals surface area contributed by atoms with Gasteiger partial charge in [0.15, 0.2) is 0 Å². The maximum absolute atomic E-state index is 12.3. The molecule has 0 atom stereocenters. The van der Waals surface area contributed by atoms with E-state index in [1.165, 1.54) is 19.3 Å². The summed E-state index contributed by atoms with van der Waals surface area (Å²) in [4.78, 5) is 25.7. The molecule has 0 unspecified atom stereocenters. The summed E-state index contributed by atoms with van der Waals surface area (Å²) < 4.78 is 5.78. The minimum atomic E-state index is -0.131. The van der Waals surface area contributed by atoms with Crippen molar-refractivity contribution in [1.82, 2.24) is 4.90 Å². The lowest BCUT2D eigenvalue weighted by Gasteiger charge is -2.12. The van der Waals surface area contributed by atoms with Crippen molar-refractivity contribution < 1.29 is 14.3 Å². The minimum absolute atomic E-state index is 0.102. The Hall–Kier alpha value is -3.02. The summed E-state index contributed by atoms with van der Waals surface area (Å²) >= 11 is 0. The van der Waals surface area contributed by atoms with Gasteiger partial charge in [-0.2, -0.15) is 0 Å². The van der Waals surface area contributed by atoms with E-state index < -0.39 is 0 Å². The van der Waals surface area contributed by atoms with Gasteiger partial charge >= 0.3 is 0 Å². The number of amides is 2. The minimum Gasteiger partial charge on any atom is -0.494 e. The van der Waals surface area contributed by atoms with Crippen LogP contribution in [0.15, 0.2) is 48.5 Å². The molecule has 0 radical (unpaired) electrons. The number of rotatable bonds is 13. The Morgan fingerprint density at radius 3 is 2.52 bits per heavy atom. The van der Waals surface area contributed by atoms with Gasteiger partial charge in [-0.05, 0) is 42.7 Å². The van der Waals surface area contributed by atoms with Crippen LogP contribution in [0.2, 0.25) is 0 Å². The van der Waals surface area contributed by atoms with Crippen LogP contribution in [0.25, 0.3) is 0 Å². The number of nitrogens with one attached hydrogen (secondary N) is 2. The lowest BCUT2D eigenvalue weighted by Crippen LogP contribution is -2.22. The second-order valence-corrected chi connectivity index (χ2v) is 7.83. The smallest absolute Gasteiger partial charge is 0.243 e. The van der Waals surface area contributed by atoms with E-state index in [2.05, 4.69) is 17.6 Å². The zero-order valence-electron chi connectivity index (χ0n) is 18.9. The number of unbranched alkanes of at least 4 members (excludes halogenated alkanes) is 3. The van der Waals surface area contributed by atoms with Crippen LogP contribution < -0.4 is 15.4 Å². The molecule has 2 aromatic carbocycles. The number of nitrogens with zero attached hydrogens (tertiary/aromatic N) is 1. The highest BCUT2D eigenvalue weighted by Gasteiger charge is 2.06. The SMILES string of the molecule is CCCCCCOc1cccc(NC(=O)CNc2cccc(CCC(=O)N(C)C)c2)c1. The molecule has 0 aliphatic carbocycles. The third-order valence-electron chi connectivity index (χ3n) is 4.89. The summed E-state index contributed by atoms with van der Waals surface area (Å²) in [6.07, 6.45) is 5.78. The highest BCUT2D eigenvalue weighted by molar-refractivity contribution is 5.93. The van der Waals surface area contributed by atoms with E-state index in [4.69, 9.17) is 4.74 Å². The molecule has 2 rings (SSSR count). The number of carbonyl (C=O) groups excluding carboxylic acids is 2. The van der Waals surface area contributed by atoms with E-state index in [1.54, 1.807) is 19.0 Å². The molecular formula is C25H35N3O3. The Labute approximate surface area is 186 Å². The quantitative estimate of drug-likeness (QED) is 0.456. The molecule has 0 bridgehead atoms. The molecule has 6 heteroatoms. The van der Waals surface area contributed by atoms with Crippen LogP contribution in [0, 0.1) is 0 Å². The molecule has 31 heavy (non-hydrogen) atoms. The molecule has 0 aliphatic rings. The molecule has 0 saturated carbocycles. The Kier molecular flexibility index (Phi) is 10.4. The third-order valence-corrected chi connectivity index (χ3v) is 4.89. The first-order chi connectivity index (χ1) is 15.0. The number of benzene rings is 2. The van der Waals surface area contributed by atoms with Crippen molar-refractivity contribution in [2.45, 2.75) is 45.4 Å². The van der Waals surface area contributed by atoms with Crippen LogP contribution in [0.1, 0.15) is 44.6 Å². The van der Waals surface area contributed by atoms with Gasteiger partial charge in [0.05, 0.1) is 13.2 Å². The zero-order chi connectivity index (χ0) is 22.5. The first-order valence-electron chi connectivity index (χ1n) is 11.0. The highest BCUT2D eigenvalue weighted by Crippen LogP contribution is 2.18. The fraction of sp³-hybridized carbons (Fsp3) is 0.440. The van der Waals surface area contributed by atoms with Crippen LogP contribution in [-0.4, -0.2) is 44.0 Å². The zero-order valence-corrected chi connectivity index (χ0v) is 18.9. The molecule has 2 N–H and O–H groups in total.